The number of nitrogens with zero attached hydrogens (tertiary/aromatic N) is 1. The molecule has 2 atom stereocenters. The molecule has 3 aromatic carbocycles. The number of carbonyl (C=O) groups is 2. The van der Waals surface area contributed by atoms with Gasteiger partial charge in [-0.1, -0.05) is 75.4 Å². The van der Waals surface area contributed by atoms with Crippen molar-refractivity contribution in [3.8, 4) is 28.2 Å². The maximum absolute atomic E-state index is 14.2. The van der Waals surface area contributed by atoms with Gasteiger partial charge in [-0.25, -0.2) is 4.79 Å². The van der Waals surface area contributed by atoms with Crippen LogP contribution in [0.25, 0.3) is 33.4 Å². The van der Waals surface area contributed by atoms with Gasteiger partial charge in [0.15, 0.2) is 17.9 Å². The summed E-state index contributed by atoms with van der Waals surface area (Å²) in [7, 11) is 1.67. The Kier molecular flexibility index (Phi) is 6.17. The molecule has 0 spiro atoms. The van der Waals surface area contributed by atoms with E-state index in [0.29, 0.717) is 45.7 Å². The van der Waals surface area contributed by atoms with E-state index >= 15 is 0 Å². The molecule has 2 heterocycles. The second-order valence-electron chi connectivity index (χ2n) is 11.9. The first-order valence-corrected chi connectivity index (χ1v) is 13.7. The third-order valence-electron chi connectivity index (χ3n) is 8.46. The molecule has 8 heteroatoms. The molecular weight excluding hydrogens is 520 g/mol. The minimum Gasteiger partial charge on any atom is -0.478 e. The molecule has 0 saturated heterocycles. The first-order valence-electron chi connectivity index (χ1n) is 13.7. The summed E-state index contributed by atoms with van der Waals surface area (Å²) in [6, 6.07) is 20.3. The van der Waals surface area contributed by atoms with Crippen LogP contribution in [0.15, 0.2) is 75.9 Å². The molecule has 1 aromatic heterocycles. The Hall–Kier alpha value is -4.59. The number of hydrogen-bond acceptors (Lipinski definition) is 6. The van der Waals surface area contributed by atoms with Crippen molar-refractivity contribution in [1.29, 1.82) is 0 Å². The predicted molar refractivity (Wildman–Crippen MR) is 157 cm³/mol. The Morgan fingerprint density at radius 2 is 1.71 bits per heavy atom. The van der Waals surface area contributed by atoms with Crippen LogP contribution in [0.1, 0.15) is 39.2 Å². The zero-order valence-corrected chi connectivity index (χ0v) is 23.5. The maximum atomic E-state index is 14.2. The summed E-state index contributed by atoms with van der Waals surface area (Å²) < 4.78 is 18.1. The van der Waals surface area contributed by atoms with Crippen LogP contribution in [0.4, 0.5) is 10.5 Å². The van der Waals surface area contributed by atoms with Gasteiger partial charge >= 0.3 is 6.09 Å². The minimum atomic E-state index is -0.821. The number of carbonyl (C=O) groups excluding carboxylic acids is 2. The van der Waals surface area contributed by atoms with Crippen LogP contribution in [0.5, 0.6) is 5.75 Å². The average molecular weight is 553 g/mol. The Morgan fingerprint density at radius 1 is 1.00 bits per heavy atom. The number of ether oxygens (including phenoxy) is 2. The SMILES string of the molecule is CN1C(=O)COc2c1ccc1c(=O)c(-c3ccc(C4(OC(N)=O)CCC4C(C)(C)C)cc3)c(-c3ccccc3)oc21. The number of fused-ring (bicyclic) bond motifs is 3. The molecule has 2 N–H and O–H groups in total. The van der Waals surface area contributed by atoms with Crippen LogP contribution in [0.2, 0.25) is 0 Å². The van der Waals surface area contributed by atoms with Crippen LogP contribution in [-0.4, -0.2) is 25.7 Å². The van der Waals surface area contributed by atoms with Gasteiger partial charge in [0, 0.05) is 18.5 Å². The summed E-state index contributed by atoms with van der Waals surface area (Å²) in [5.41, 5.74) is 7.85. The zero-order chi connectivity index (χ0) is 29.1. The van der Waals surface area contributed by atoms with Gasteiger partial charge in [-0.2, -0.15) is 0 Å². The van der Waals surface area contributed by atoms with Gasteiger partial charge in [0.1, 0.15) is 11.4 Å². The molecule has 0 bridgehead atoms. The molecule has 1 aliphatic carbocycles. The maximum Gasteiger partial charge on any atom is 0.405 e. The normalized spacial score (nSPS) is 20.2. The lowest BCUT2D eigenvalue weighted by atomic mass is 9.56. The molecule has 4 aromatic rings. The topological polar surface area (TPSA) is 112 Å². The molecule has 8 nitrogen and oxygen atoms in total. The number of primary amides is 1. The van der Waals surface area contributed by atoms with E-state index in [1.54, 1.807) is 19.2 Å². The summed E-state index contributed by atoms with van der Waals surface area (Å²) in [5.74, 6) is 0.670. The van der Waals surface area contributed by atoms with Crippen molar-refractivity contribution in [2.24, 2.45) is 17.1 Å². The van der Waals surface area contributed by atoms with Gasteiger partial charge in [0.05, 0.1) is 16.6 Å². The van der Waals surface area contributed by atoms with Gasteiger partial charge in [0.2, 0.25) is 5.43 Å². The highest BCUT2D eigenvalue weighted by molar-refractivity contribution is 6.03. The van der Waals surface area contributed by atoms with Crippen molar-refractivity contribution in [3.63, 3.8) is 0 Å². The van der Waals surface area contributed by atoms with E-state index in [4.69, 9.17) is 19.6 Å². The van der Waals surface area contributed by atoms with Crippen molar-refractivity contribution in [2.45, 2.75) is 39.2 Å². The molecule has 2 unspecified atom stereocenters. The largest absolute Gasteiger partial charge is 0.478 e. The predicted octanol–water partition coefficient (Wildman–Crippen LogP) is 6.23. The number of benzene rings is 3. The fourth-order valence-electron chi connectivity index (χ4n) is 6.36. The third-order valence-corrected chi connectivity index (χ3v) is 8.46. The average Bonchev–Trinajstić information content (AvgIpc) is 2.92. The van der Waals surface area contributed by atoms with Crippen molar-refractivity contribution in [2.75, 3.05) is 18.6 Å². The summed E-state index contributed by atoms with van der Waals surface area (Å²) in [6.07, 6.45) is 0.785. The zero-order valence-electron chi connectivity index (χ0n) is 23.5. The molecule has 0 radical (unpaired) electrons. The van der Waals surface area contributed by atoms with Crippen LogP contribution in [0, 0.1) is 11.3 Å². The molecular formula is C33H32N2O6. The molecule has 6 rings (SSSR count). The van der Waals surface area contributed by atoms with Gasteiger partial charge in [-0.3, -0.25) is 9.59 Å². The lowest BCUT2D eigenvalue weighted by Crippen LogP contribution is -2.53. The van der Waals surface area contributed by atoms with Crippen LogP contribution < -0.4 is 20.8 Å². The van der Waals surface area contributed by atoms with Gasteiger partial charge in [-0.05, 0) is 41.5 Å². The van der Waals surface area contributed by atoms with Crippen LogP contribution in [0.3, 0.4) is 0 Å². The number of rotatable bonds is 4. The molecule has 2 aliphatic rings. The molecule has 1 saturated carbocycles. The monoisotopic (exact) mass is 552 g/mol. The quantitative estimate of drug-likeness (QED) is 0.321. The van der Waals surface area contributed by atoms with E-state index in [1.165, 1.54) is 4.90 Å². The summed E-state index contributed by atoms with van der Waals surface area (Å²) in [6.45, 7) is 6.26. The number of nitrogens with two attached hydrogens (primary N) is 1. The van der Waals surface area contributed by atoms with Gasteiger partial charge in [0.25, 0.3) is 5.91 Å². The fourth-order valence-corrected chi connectivity index (χ4v) is 6.36. The summed E-state index contributed by atoms with van der Waals surface area (Å²) in [4.78, 5) is 39.8. The minimum absolute atomic E-state index is 0.0927. The second-order valence-corrected chi connectivity index (χ2v) is 11.9. The third kappa shape index (κ3) is 4.25. The van der Waals surface area contributed by atoms with Crippen molar-refractivity contribution < 1.29 is 23.5 Å². The molecule has 1 aliphatic heterocycles. The van der Waals surface area contributed by atoms with E-state index in [0.717, 1.165) is 17.5 Å². The molecule has 41 heavy (non-hydrogen) atoms. The van der Waals surface area contributed by atoms with Crippen LogP contribution in [-0.2, 0) is 15.1 Å². The Labute approximate surface area is 237 Å². The van der Waals surface area contributed by atoms with Crippen molar-refractivity contribution in [1.82, 2.24) is 0 Å². The smallest absolute Gasteiger partial charge is 0.405 e. The molecule has 1 fully saturated rings. The summed E-state index contributed by atoms with van der Waals surface area (Å²) in [5, 5.41) is 0.352. The van der Waals surface area contributed by atoms with Gasteiger partial charge < -0.3 is 24.5 Å². The number of likely N-dealkylation sites (N-methyl/N-ethyl adjacent to an activating group) is 1. The van der Waals surface area contributed by atoms with E-state index in [1.807, 2.05) is 54.6 Å². The second kappa shape index (κ2) is 9.51. The molecule has 210 valence electrons. The Bertz CT molecular complexity index is 1740. The van der Waals surface area contributed by atoms with Crippen molar-refractivity contribution in [3.05, 3.63) is 82.5 Å². The highest BCUT2D eigenvalue weighted by Crippen LogP contribution is 2.57. The Balaban J connectivity index is 1.53. The lowest BCUT2D eigenvalue weighted by Gasteiger charge is -2.54. The van der Waals surface area contributed by atoms with Crippen LogP contribution >= 0.6 is 0 Å². The van der Waals surface area contributed by atoms with E-state index in [9.17, 15) is 14.4 Å². The standard InChI is InChI=1S/C33H32N2O6/c1-32(2,3)24-16-17-33(24,41-31(34)38)21-12-10-19(11-13-21)26-27(37)22-14-15-23-30(39-18-25(36)35(23)4)29(22)40-28(26)20-8-6-5-7-9-20/h5-15,24H,16-18H2,1-4H3,(H2,34,38). The fraction of sp³-hybridized carbons (Fsp3) is 0.303. The highest BCUT2D eigenvalue weighted by Gasteiger charge is 2.55. The number of anilines is 1. The summed E-state index contributed by atoms with van der Waals surface area (Å²) >= 11 is 0. The Morgan fingerprint density at radius 3 is 2.32 bits per heavy atom. The van der Waals surface area contributed by atoms with E-state index in [2.05, 4.69) is 20.8 Å². The lowest BCUT2D eigenvalue weighted by molar-refractivity contribution is -0.144. The first-order chi connectivity index (χ1) is 19.5. The first kappa shape index (κ1) is 26.6. The highest BCUT2D eigenvalue weighted by atomic mass is 16.6. The van der Waals surface area contributed by atoms with Crippen molar-refractivity contribution >= 4 is 28.7 Å². The van der Waals surface area contributed by atoms with E-state index < -0.39 is 11.7 Å². The number of amides is 2. The van der Waals surface area contributed by atoms with Gasteiger partial charge in [-0.15, -0.1) is 0 Å². The van der Waals surface area contributed by atoms with E-state index in [-0.39, 0.29) is 29.3 Å². The molecule has 2 amide bonds. The number of hydrogen-bond donors (Lipinski definition) is 1.